The Morgan fingerprint density at radius 2 is 0.355 bits per heavy atom. The standard InChI is InChI=1S/2C65H42N4/c1-6-20-43(21-7-1)58-42-59(67-64(66-58)45-22-8-2-9-23-45)44-34-36-49(37-35-44)69-60-32-18-16-30-50(60)54-38-52-53-40-62-55(51-31-17-19-33-61(51)68(62)48-28-14-5-15-29-48)39-56(53)65(57(52)41-63(54)69,46-24-10-3-11-25-46)47-26-12-4-13-27-47;1-6-20-43(21-7-1)58-42-59(67-64(66-58)45-22-8-2-9-23-45)44-34-36-49(37-35-44)69-61-33-19-17-31-51(61)55-39-56-53(40-62(55)69)52-38-54-50-30-16-18-32-60(50)68(48-28-14-5-15-29-48)63(54)41-57(52)65(56,46-24-10-3-11-25-46)47-26-12-4-13-27-47/h2*1-42H. The quantitative estimate of drug-likeness (QED) is 0.109. The van der Waals surface area contributed by atoms with Crippen molar-refractivity contribution < 1.29 is 0 Å². The van der Waals surface area contributed by atoms with E-state index in [1.807, 2.05) is 48.5 Å². The van der Waals surface area contributed by atoms with E-state index in [2.05, 4.69) is 479 Å². The molecule has 0 bridgehead atoms. The molecule has 0 unspecified atom stereocenters. The molecule has 0 atom stereocenters. The van der Waals surface area contributed by atoms with Gasteiger partial charge in [0.05, 0.1) is 77.7 Å². The van der Waals surface area contributed by atoms with Gasteiger partial charge in [0, 0.05) is 99.2 Å². The van der Waals surface area contributed by atoms with Crippen molar-refractivity contribution in [2.75, 3.05) is 0 Å². The third kappa shape index (κ3) is 12.5. The summed E-state index contributed by atoms with van der Waals surface area (Å²) in [6.45, 7) is 0. The first-order valence-corrected chi connectivity index (χ1v) is 47.3. The minimum absolute atomic E-state index is 0.604. The maximum absolute atomic E-state index is 5.16. The molecule has 0 spiro atoms. The second-order valence-corrected chi connectivity index (χ2v) is 36.2. The molecule has 138 heavy (non-hydrogen) atoms. The van der Waals surface area contributed by atoms with Crippen molar-refractivity contribution in [1.82, 2.24) is 38.2 Å². The summed E-state index contributed by atoms with van der Waals surface area (Å²) in [6, 6.07) is 185. The van der Waals surface area contributed by atoms with Gasteiger partial charge < -0.3 is 18.3 Å². The van der Waals surface area contributed by atoms with Crippen LogP contribution in [0.3, 0.4) is 0 Å². The minimum atomic E-state index is -0.614. The van der Waals surface area contributed by atoms with Gasteiger partial charge in [-0.15, -0.1) is 0 Å². The lowest BCUT2D eigenvalue weighted by molar-refractivity contribution is 0.770. The summed E-state index contributed by atoms with van der Waals surface area (Å²) < 4.78 is 9.79. The molecule has 20 aromatic carbocycles. The molecular weight excluding hydrogens is 1670 g/mol. The highest BCUT2D eigenvalue weighted by Crippen LogP contribution is 2.62. The molecular formula is C130H84N8. The third-order valence-electron chi connectivity index (χ3n) is 28.8. The van der Waals surface area contributed by atoms with E-state index in [4.69, 9.17) is 19.9 Å². The zero-order valence-corrected chi connectivity index (χ0v) is 75.1. The Morgan fingerprint density at radius 3 is 0.645 bits per heavy atom. The lowest BCUT2D eigenvalue weighted by atomic mass is 9.67. The van der Waals surface area contributed by atoms with E-state index in [-0.39, 0.29) is 0 Å². The second kappa shape index (κ2) is 32.3. The van der Waals surface area contributed by atoms with E-state index in [1.165, 1.54) is 132 Å². The van der Waals surface area contributed by atoms with E-state index in [0.29, 0.717) is 11.6 Å². The predicted molar refractivity (Wildman–Crippen MR) is 569 cm³/mol. The highest BCUT2D eigenvalue weighted by Gasteiger charge is 2.49. The van der Waals surface area contributed by atoms with Crippen LogP contribution in [-0.2, 0) is 10.8 Å². The normalized spacial score (nSPS) is 12.8. The Hall–Kier alpha value is -18.2. The number of aromatic nitrogens is 8. The smallest absolute Gasteiger partial charge is 0.160 e. The van der Waals surface area contributed by atoms with Gasteiger partial charge in [-0.1, -0.05) is 376 Å². The van der Waals surface area contributed by atoms with Gasteiger partial charge in [-0.05, 0) is 200 Å². The van der Waals surface area contributed by atoms with Crippen LogP contribution in [0.15, 0.2) is 510 Å². The summed E-state index contributed by atoms with van der Waals surface area (Å²) in [5.41, 5.74) is 37.5. The number of rotatable bonds is 14. The number of hydrogen-bond acceptors (Lipinski definition) is 4. The number of benzene rings is 20. The van der Waals surface area contributed by atoms with Gasteiger partial charge in [0.25, 0.3) is 0 Å². The van der Waals surface area contributed by atoms with E-state index < -0.39 is 10.8 Å². The number of para-hydroxylation sites is 6. The Kier molecular flexibility index (Phi) is 18.6. The highest BCUT2D eigenvalue weighted by molar-refractivity contribution is 6.18. The molecule has 28 rings (SSSR count). The molecule has 0 fully saturated rings. The first-order valence-electron chi connectivity index (χ1n) is 47.3. The number of nitrogens with zero attached hydrogens (tertiary/aromatic N) is 8. The first-order chi connectivity index (χ1) is 68.4. The molecule has 2 aliphatic carbocycles. The number of fused-ring (bicyclic) bond motifs is 18. The van der Waals surface area contributed by atoms with Crippen LogP contribution >= 0.6 is 0 Å². The average Bonchev–Trinajstić information content (AvgIpc) is 1.52. The lowest BCUT2D eigenvalue weighted by Crippen LogP contribution is -2.28. The molecule has 26 aromatic rings. The highest BCUT2D eigenvalue weighted by atomic mass is 15.0. The van der Waals surface area contributed by atoms with Crippen molar-refractivity contribution in [2.45, 2.75) is 10.8 Å². The summed E-state index contributed by atoms with van der Waals surface area (Å²) in [5, 5.41) is 9.83. The molecule has 6 heterocycles. The molecule has 0 radical (unpaired) electrons. The maximum Gasteiger partial charge on any atom is 0.160 e. The van der Waals surface area contributed by atoms with Crippen LogP contribution < -0.4 is 0 Å². The third-order valence-corrected chi connectivity index (χ3v) is 28.8. The van der Waals surface area contributed by atoms with Crippen LogP contribution in [0.2, 0.25) is 0 Å². The second-order valence-electron chi connectivity index (χ2n) is 36.2. The van der Waals surface area contributed by atoms with Gasteiger partial charge in [-0.2, -0.15) is 0 Å². The molecule has 0 aliphatic heterocycles. The SMILES string of the molecule is c1ccc(-c2cc(-c3ccc(-n4c5ccccc5c5cc6c(cc54)-c4cc5c7ccccc7n(-c7ccccc7)c5cc4C6(c4ccccc4)c4ccccc4)cc3)nc(-c3ccccc3)n2)cc1.c1ccc(-c2cc(-c3ccc(-n4c5ccccc5c5cc6c(cc54)C(c4ccccc4)(c4ccccc4)c4cc5c7ccccc7n(-c7ccccc7)c5cc4-6)cc3)nc(-c3ccccc3)n2)cc1. The van der Waals surface area contributed by atoms with Crippen molar-refractivity contribution in [3.63, 3.8) is 0 Å². The van der Waals surface area contributed by atoms with Crippen molar-refractivity contribution in [3.05, 3.63) is 554 Å². The fraction of sp³-hybridized carbons (Fsp3) is 0.0154. The predicted octanol–water partition coefficient (Wildman–Crippen LogP) is 32.1. The van der Waals surface area contributed by atoms with Gasteiger partial charge in [0.1, 0.15) is 0 Å². The van der Waals surface area contributed by atoms with Gasteiger partial charge in [-0.25, -0.2) is 19.9 Å². The topological polar surface area (TPSA) is 71.3 Å². The average molecular weight is 1760 g/mol. The van der Waals surface area contributed by atoms with E-state index in [9.17, 15) is 0 Å². The van der Waals surface area contributed by atoms with Crippen molar-refractivity contribution >= 4 is 87.2 Å². The van der Waals surface area contributed by atoms with Crippen LogP contribution in [-0.4, -0.2) is 38.2 Å². The molecule has 0 N–H and O–H groups in total. The van der Waals surface area contributed by atoms with Crippen molar-refractivity contribution in [1.29, 1.82) is 0 Å². The fourth-order valence-corrected chi connectivity index (χ4v) is 22.8. The lowest BCUT2D eigenvalue weighted by Gasteiger charge is -2.34. The zero-order chi connectivity index (χ0) is 90.9. The maximum atomic E-state index is 5.16. The van der Waals surface area contributed by atoms with E-state index in [1.54, 1.807) is 0 Å². The summed E-state index contributed by atoms with van der Waals surface area (Å²) in [7, 11) is 0. The van der Waals surface area contributed by atoms with Crippen LogP contribution in [0.1, 0.15) is 44.5 Å². The molecule has 644 valence electrons. The van der Waals surface area contributed by atoms with Crippen molar-refractivity contribution in [2.24, 2.45) is 0 Å². The van der Waals surface area contributed by atoms with E-state index in [0.717, 1.165) is 101 Å². The minimum Gasteiger partial charge on any atom is -0.309 e. The summed E-state index contributed by atoms with van der Waals surface area (Å²) >= 11 is 0. The summed E-state index contributed by atoms with van der Waals surface area (Å²) in [6.07, 6.45) is 0. The fourth-order valence-electron chi connectivity index (χ4n) is 22.8. The Balaban J connectivity index is 0.000000139. The van der Waals surface area contributed by atoms with Crippen LogP contribution in [0, 0.1) is 0 Å². The van der Waals surface area contributed by atoms with Gasteiger partial charge >= 0.3 is 0 Å². The van der Waals surface area contributed by atoms with Gasteiger partial charge in [0.2, 0.25) is 0 Å². The largest absolute Gasteiger partial charge is 0.309 e. The molecule has 0 saturated heterocycles. The molecule has 2 aliphatic rings. The van der Waals surface area contributed by atoms with Crippen LogP contribution in [0.25, 0.3) is 200 Å². The Labute approximate surface area is 797 Å². The van der Waals surface area contributed by atoms with Gasteiger partial charge in [-0.3, -0.25) is 0 Å². The number of hydrogen-bond donors (Lipinski definition) is 0. The zero-order valence-electron chi connectivity index (χ0n) is 75.1. The van der Waals surface area contributed by atoms with E-state index >= 15 is 0 Å². The monoisotopic (exact) mass is 1760 g/mol. The van der Waals surface area contributed by atoms with Crippen molar-refractivity contribution in [3.8, 4) is 113 Å². The summed E-state index contributed by atoms with van der Waals surface area (Å²) in [4.78, 5) is 20.4. The first kappa shape index (κ1) is 79.5. The molecule has 0 amide bonds. The molecule has 8 heteroatoms. The summed E-state index contributed by atoms with van der Waals surface area (Å²) in [5.74, 6) is 1.41. The Bertz CT molecular complexity index is 9050. The van der Waals surface area contributed by atoms with Crippen LogP contribution in [0.4, 0.5) is 0 Å². The molecule has 6 aromatic heterocycles. The molecule has 8 nitrogen and oxygen atoms in total. The Morgan fingerprint density at radius 1 is 0.145 bits per heavy atom. The van der Waals surface area contributed by atoms with Crippen LogP contribution in [0.5, 0.6) is 0 Å². The molecule has 0 saturated carbocycles. The van der Waals surface area contributed by atoms with Gasteiger partial charge in [0.15, 0.2) is 11.6 Å².